The van der Waals surface area contributed by atoms with Crippen LogP contribution in [0.4, 0.5) is 20.2 Å². The van der Waals surface area contributed by atoms with Gasteiger partial charge in [-0.05, 0) is 36.4 Å². The second-order valence-corrected chi connectivity index (χ2v) is 5.30. The molecule has 2 aromatic rings. The summed E-state index contributed by atoms with van der Waals surface area (Å²) in [6, 6.07) is 8.22. The van der Waals surface area contributed by atoms with Crippen LogP contribution in [0.25, 0.3) is 0 Å². The molecule has 0 saturated heterocycles. The van der Waals surface area contributed by atoms with E-state index in [0.717, 1.165) is 12.1 Å². The highest BCUT2D eigenvalue weighted by Crippen LogP contribution is 2.25. The van der Waals surface area contributed by atoms with E-state index < -0.39 is 11.6 Å². The zero-order chi connectivity index (χ0) is 16.1. The molecule has 0 bridgehead atoms. The average Bonchev–Trinajstić information content (AvgIpc) is 2.47. The predicted octanol–water partition coefficient (Wildman–Crippen LogP) is 4.71. The number of hydrogen-bond donors (Lipinski definition) is 2. The fraction of sp³-hybridized carbons (Fsp3) is 0.133. The van der Waals surface area contributed by atoms with Gasteiger partial charge in [-0.25, -0.2) is 8.78 Å². The van der Waals surface area contributed by atoms with E-state index in [1.165, 1.54) is 6.07 Å². The summed E-state index contributed by atoms with van der Waals surface area (Å²) in [7, 11) is 0. The first kappa shape index (κ1) is 16.5. The molecule has 0 aliphatic rings. The Balaban J connectivity index is 1.82. The smallest absolute Gasteiger partial charge is 0.226 e. The van der Waals surface area contributed by atoms with Crippen LogP contribution in [0.5, 0.6) is 0 Å². The van der Waals surface area contributed by atoms with Crippen LogP contribution in [0.3, 0.4) is 0 Å². The van der Waals surface area contributed by atoms with Crippen molar-refractivity contribution in [3.05, 3.63) is 58.1 Å². The van der Waals surface area contributed by atoms with E-state index in [4.69, 9.17) is 23.2 Å². The van der Waals surface area contributed by atoms with Gasteiger partial charge in [0.05, 0.1) is 10.0 Å². The van der Waals surface area contributed by atoms with Gasteiger partial charge in [-0.2, -0.15) is 0 Å². The van der Waals surface area contributed by atoms with E-state index in [0.29, 0.717) is 21.4 Å². The molecule has 2 rings (SSSR count). The zero-order valence-electron chi connectivity index (χ0n) is 11.3. The van der Waals surface area contributed by atoms with Crippen molar-refractivity contribution in [2.24, 2.45) is 0 Å². The molecular weight excluding hydrogens is 333 g/mol. The Morgan fingerprint density at radius 2 is 1.68 bits per heavy atom. The van der Waals surface area contributed by atoms with Gasteiger partial charge in [-0.1, -0.05) is 23.2 Å². The number of benzene rings is 2. The first-order valence-electron chi connectivity index (χ1n) is 6.39. The molecular formula is C15H12Cl2F2N2O. The summed E-state index contributed by atoms with van der Waals surface area (Å²) in [6.45, 7) is 0.276. The molecule has 0 aliphatic heterocycles. The molecule has 3 nitrogen and oxygen atoms in total. The van der Waals surface area contributed by atoms with E-state index >= 15 is 0 Å². The molecule has 0 unspecified atom stereocenters. The second-order valence-electron chi connectivity index (χ2n) is 4.48. The third kappa shape index (κ3) is 4.58. The number of carbonyl (C=O) groups is 1. The van der Waals surface area contributed by atoms with Crippen molar-refractivity contribution in [2.75, 3.05) is 17.2 Å². The van der Waals surface area contributed by atoms with Crippen molar-refractivity contribution in [3.8, 4) is 0 Å². The summed E-state index contributed by atoms with van der Waals surface area (Å²) in [5.74, 6) is -2.10. The van der Waals surface area contributed by atoms with E-state index in [1.54, 1.807) is 18.2 Å². The number of hydrogen-bond acceptors (Lipinski definition) is 2. The minimum Gasteiger partial charge on any atom is -0.384 e. The van der Waals surface area contributed by atoms with Gasteiger partial charge in [-0.3, -0.25) is 4.79 Å². The average molecular weight is 345 g/mol. The van der Waals surface area contributed by atoms with Crippen LogP contribution in [0.2, 0.25) is 10.0 Å². The van der Waals surface area contributed by atoms with Crippen LogP contribution in [0.1, 0.15) is 6.42 Å². The Hall–Kier alpha value is -1.85. The lowest BCUT2D eigenvalue weighted by molar-refractivity contribution is -0.115. The lowest BCUT2D eigenvalue weighted by atomic mass is 10.2. The number of halogens is 4. The van der Waals surface area contributed by atoms with Crippen molar-refractivity contribution < 1.29 is 13.6 Å². The minimum atomic E-state index is -0.940. The molecule has 0 fully saturated rings. The maximum atomic E-state index is 13.0. The summed E-state index contributed by atoms with van der Waals surface area (Å²) in [5, 5.41) is 6.24. The number of nitrogens with one attached hydrogen (secondary N) is 2. The van der Waals surface area contributed by atoms with Crippen LogP contribution in [0, 0.1) is 11.6 Å². The first-order chi connectivity index (χ1) is 10.5. The molecule has 0 spiro atoms. The van der Waals surface area contributed by atoms with Crippen LogP contribution >= 0.6 is 23.2 Å². The van der Waals surface area contributed by atoms with Crippen molar-refractivity contribution in [2.45, 2.75) is 6.42 Å². The molecule has 1 amide bonds. The topological polar surface area (TPSA) is 41.1 Å². The standard InChI is InChI=1S/C15H12Cl2F2N2O/c16-11-3-1-10(7-12(11)17)21-15(22)5-6-20-9-2-4-13(18)14(19)8-9/h1-4,7-8,20H,5-6H2,(H,21,22). The Morgan fingerprint density at radius 1 is 0.955 bits per heavy atom. The largest absolute Gasteiger partial charge is 0.384 e. The van der Waals surface area contributed by atoms with Gasteiger partial charge in [0.15, 0.2) is 11.6 Å². The van der Waals surface area contributed by atoms with Crippen LogP contribution in [-0.4, -0.2) is 12.5 Å². The Kier molecular flexibility index (Phi) is 5.57. The fourth-order valence-corrected chi connectivity index (χ4v) is 2.02. The van der Waals surface area contributed by atoms with E-state index in [2.05, 4.69) is 10.6 Å². The van der Waals surface area contributed by atoms with Crippen molar-refractivity contribution >= 4 is 40.5 Å². The Bertz CT molecular complexity index is 695. The molecule has 0 saturated carbocycles. The molecule has 2 aromatic carbocycles. The van der Waals surface area contributed by atoms with Gasteiger partial charge >= 0.3 is 0 Å². The SMILES string of the molecule is O=C(CCNc1ccc(F)c(F)c1)Nc1ccc(Cl)c(Cl)c1. The first-order valence-corrected chi connectivity index (χ1v) is 7.15. The van der Waals surface area contributed by atoms with Crippen LogP contribution in [0.15, 0.2) is 36.4 Å². The summed E-state index contributed by atoms with van der Waals surface area (Å²) in [5.41, 5.74) is 0.938. The summed E-state index contributed by atoms with van der Waals surface area (Å²) < 4.78 is 25.8. The monoisotopic (exact) mass is 344 g/mol. The molecule has 0 radical (unpaired) electrons. The van der Waals surface area contributed by atoms with Gasteiger partial charge in [0, 0.05) is 24.3 Å². The van der Waals surface area contributed by atoms with E-state index in [-0.39, 0.29) is 18.9 Å². The summed E-state index contributed by atoms with van der Waals surface area (Å²) in [6.07, 6.45) is 0.152. The maximum absolute atomic E-state index is 13.0. The van der Waals surface area contributed by atoms with Gasteiger partial charge < -0.3 is 10.6 Å². The highest BCUT2D eigenvalue weighted by molar-refractivity contribution is 6.42. The third-order valence-corrected chi connectivity index (χ3v) is 3.54. The van der Waals surface area contributed by atoms with Gasteiger partial charge in [0.2, 0.25) is 5.91 Å². The third-order valence-electron chi connectivity index (χ3n) is 2.80. The van der Waals surface area contributed by atoms with Crippen molar-refractivity contribution in [1.29, 1.82) is 0 Å². The maximum Gasteiger partial charge on any atom is 0.226 e. The van der Waals surface area contributed by atoms with Crippen LogP contribution < -0.4 is 10.6 Å². The molecule has 116 valence electrons. The van der Waals surface area contributed by atoms with Crippen molar-refractivity contribution in [1.82, 2.24) is 0 Å². The van der Waals surface area contributed by atoms with E-state index in [9.17, 15) is 13.6 Å². The molecule has 22 heavy (non-hydrogen) atoms. The number of carbonyl (C=O) groups excluding carboxylic acids is 1. The highest BCUT2D eigenvalue weighted by Gasteiger charge is 2.06. The zero-order valence-corrected chi connectivity index (χ0v) is 12.8. The molecule has 0 heterocycles. The summed E-state index contributed by atoms with van der Waals surface area (Å²) >= 11 is 11.6. The molecule has 7 heteroatoms. The quantitative estimate of drug-likeness (QED) is 0.824. The van der Waals surface area contributed by atoms with Crippen molar-refractivity contribution in [3.63, 3.8) is 0 Å². The van der Waals surface area contributed by atoms with E-state index in [1.807, 2.05) is 0 Å². The highest BCUT2D eigenvalue weighted by atomic mass is 35.5. The molecule has 0 aliphatic carbocycles. The molecule has 2 N–H and O–H groups in total. The Labute approximate surface area is 136 Å². The number of anilines is 2. The minimum absolute atomic E-state index is 0.152. The lowest BCUT2D eigenvalue weighted by Gasteiger charge is -2.08. The van der Waals surface area contributed by atoms with Gasteiger partial charge in [-0.15, -0.1) is 0 Å². The van der Waals surface area contributed by atoms with Gasteiger partial charge in [0.1, 0.15) is 0 Å². The fourth-order valence-electron chi connectivity index (χ4n) is 1.72. The molecule has 0 aromatic heterocycles. The van der Waals surface area contributed by atoms with Crippen LogP contribution in [-0.2, 0) is 4.79 Å². The number of amides is 1. The second kappa shape index (κ2) is 7.42. The lowest BCUT2D eigenvalue weighted by Crippen LogP contribution is -2.16. The summed E-state index contributed by atoms with van der Waals surface area (Å²) in [4.78, 5) is 11.8. The molecule has 0 atom stereocenters. The predicted molar refractivity (Wildman–Crippen MR) is 84.6 cm³/mol. The Morgan fingerprint density at radius 3 is 2.36 bits per heavy atom. The number of rotatable bonds is 5. The normalized spacial score (nSPS) is 10.4. The van der Waals surface area contributed by atoms with Gasteiger partial charge in [0.25, 0.3) is 0 Å².